The lowest BCUT2D eigenvalue weighted by atomic mass is 9.55. The number of nitro benzene ring substituents is 1. The highest BCUT2D eigenvalue weighted by Crippen LogP contribution is 2.62. The highest BCUT2D eigenvalue weighted by molar-refractivity contribution is 6.03. The number of hydrogen-bond donors (Lipinski definition) is 2. The second-order valence-electron chi connectivity index (χ2n) is 20.5. The predicted octanol–water partition coefficient (Wildman–Crippen LogP) is 13.4. The highest BCUT2D eigenvalue weighted by atomic mass is 16.7. The number of fused-ring (bicyclic) bond motifs is 4. The number of carbonyl (C=O) groups excluding carboxylic acids is 1. The first kappa shape index (κ1) is 54.5. The first-order chi connectivity index (χ1) is 38.8. The second kappa shape index (κ2) is 25.7. The zero-order valence-corrected chi connectivity index (χ0v) is 44.3. The van der Waals surface area contributed by atoms with Crippen LogP contribution in [-0.4, -0.2) is 76.7 Å². The van der Waals surface area contributed by atoms with E-state index in [4.69, 9.17) is 33.7 Å². The Morgan fingerprint density at radius 2 is 1.48 bits per heavy atom. The van der Waals surface area contributed by atoms with Crippen LogP contribution >= 0.6 is 0 Å². The molecule has 0 aromatic heterocycles. The largest absolute Gasteiger partial charge is 0.459 e. The molecule has 0 saturated heterocycles. The van der Waals surface area contributed by atoms with E-state index in [9.17, 15) is 20.3 Å². The van der Waals surface area contributed by atoms with Gasteiger partial charge in [-0.2, -0.15) is 0 Å². The molecule has 0 spiro atoms. The van der Waals surface area contributed by atoms with Crippen molar-refractivity contribution in [2.24, 2.45) is 22.9 Å². The summed E-state index contributed by atoms with van der Waals surface area (Å²) in [5.41, 5.74) is 4.84. The minimum atomic E-state index is -1.59. The van der Waals surface area contributed by atoms with Crippen LogP contribution in [0.4, 0.5) is 10.5 Å². The van der Waals surface area contributed by atoms with Crippen LogP contribution < -0.4 is 9.47 Å². The van der Waals surface area contributed by atoms with E-state index in [0.29, 0.717) is 48.0 Å². The molecule has 2 aliphatic carbocycles. The first-order valence-corrected chi connectivity index (χ1v) is 27.4. The Labute approximate surface area is 460 Å². The maximum atomic E-state index is 15.4. The molecule has 1 heterocycles. The van der Waals surface area contributed by atoms with Crippen molar-refractivity contribution in [3.05, 3.63) is 214 Å². The van der Waals surface area contributed by atoms with E-state index in [1.165, 1.54) is 12.1 Å². The molecule has 6 atom stereocenters. The van der Waals surface area contributed by atoms with Crippen molar-refractivity contribution in [1.82, 2.24) is 4.90 Å². The van der Waals surface area contributed by atoms with Crippen LogP contribution in [0.3, 0.4) is 0 Å². The smallest absolute Gasteiger partial charge is 0.410 e. The number of oxime groups is 1. The van der Waals surface area contributed by atoms with Gasteiger partial charge >= 0.3 is 6.09 Å². The second-order valence-corrected chi connectivity index (χ2v) is 20.5. The van der Waals surface area contributed by atoms with Gasteiger partial charge in [-0.05, 0) is 124 Å². The normalized spacial score (nSPS) is 20.6. The van der Waals surface area contributed by atoms with Gasteiger partial charge in [-0.25, -0.2) is 4.79 Å². The molecule has 0 bridgehead atoms. The molecule has 408 valence electrons. The van der Waals surface area contributed by atoms with Gasteiger partial charge in [0.2, 0.25) is 5.79 Å². The molecule has 14 heteroatoms. The fourth-order valence-electron chi connectivity index (χ4n) is 11.9. The van der Waals surface area contributed by atoms with Gasteiger partial charge in [0.1, 0.15) is 36.5 Å². The number of ether oxygens (including phenoxy) is 5. The third-order valence-electron chi connectivity index (χ3n) is 15.6. The standard InChI is InChI=1S/C65H67N3O11/c1-2-35-76-65-61(67(42-51-22-14-21-48-18-8-9-23-55(48)51)64(71)75-37-36-74-43-45-15-4-3-5-16-45)41-59(66-77-44-46-25-28-52(29-26-46)68(72)73)57-39-50(20-10-12-33-69)56(24-11-13-34-70)62(63(57)65)58-40-54(31-32-60(58)79-65)78-53-30-27-47-17-6-7-19-49(47)38-53/h2-9,14-19,21-23,25-32,38-40,50,56,61-63,69-70H,1,10-13,20,24,33-37,41-44H2. The number of rotatable bonds is 25. The summed E-state index contributed by atoms with van der Waals surface area (Å²) in [5.74, 6) is -0.764. The van der Waals surface area contributed by atoms with Gasteiger partial charge in [0, 0.05) is 43.2 Å². The first-order valence-electron chi connectivity index (χ1n) is 27.4. The van der Waals surface area contributed by atoms with Crippen molar-refractivity contribution in [3.8, 4) is 17.2 Å². The van der Waals surface area contributed by atoms with Crippen LogP contribution in [0.25, 0.3) is 21.5 Å². The molecule has 79 heavy (non-hydrogen) atoms. The van der Waals surface area contributed by atoms with E-state index >= 15 is 4.79 Å². The van der Waals surface area contributed by atoms with E-state index in [2.05, 4.69) is 30.9 Å². The minimum absolute atomic E-state index is 0.00883. The SMILES string of the molecule is C=CCOC12Oc3ccc(Oc4ccc5ccccc5c4)cc3C3C(CCCCO)C(CCCCO)C=C(C(=NOCc4ccc([N+](=O)[O-])cc4)CC1N(Cc1cccc4ccccc14)C(=O)OCCOCc1ccccc1)C32. The van der Waals surface area contributed by atoms with Crippen molar-refractivity contribution in [2.75, 3.05) is 33.0 Å². The fourth-order valence-corrected chi connectivity index (χ4v) is 11.9. The third-order valence-corrected chi connectivity index (χ3v) is 15.6. The third kappa shape index (κ3) is 12.4. The molecule has 6 unspecified atom stereocenters. The molecule has 1 saturated carbocycles. The van der Waals surface area contributed by atoms with Gasteiger partial charge in [-0.3, -0.25) is 15.0 Å². The van der Waals surface area contributed by atoms with Crippen molar-refractivity contribution < 1.29 is 48.5 Å². The van der Waals surface area contributed by atoms with E-state index < -0.39 is 28.8 Å². The number of amides is 1. The molecule has 14 nitrogen and oxygen atoms in total. The lowest BCUT2D eigenvalue weighted by Gasteiger charge is -2.59. The van der Waals surface area contributed by atoms with Gasteiger partial charge in [0.25, 0.3) is 5.69 Å². The summed E-state index contributed by atoms with van der Waals surface area (Å²) in [5, 5.41) is 41.0. The molecule has 7 aromatic carbocycles. The number of nitro groups is 1. The Kier molecular flexibility index (Phi) is 17.7. The summed E-state index contributed by atoms with van der Waals surface area (Å²) in [7, 11) is 0. The average Bonchev–Trinajstić information content (AvgIpc) is 3.67. The van der Waals surface area contributed by atoms with Gasteiger partial charge in [-0.1, -0.05) is 133 Å². The Hall–Kier alpha value is -7.88. The zero-order chi connectivity index (χ0) is 54.6. The summed E-state index contributed by atoms with van der Waals surface area (Å²) >= 11 is 0. The van der Waals surface area contributed by atoms with Gasteiger partial charge in [0.15, 0.2) is 0 Å². The summed E-state index contributed by atoms with van der Waals surface area (Å²) in [6.45, 7) is 4.84. The molecule has 1 aliphatic heterocycles. The van der Waals surface area contributed by atoms with Crippen LogP contribution in [0, 0.1) is 27.9 Å². The fraction of sp³-hybridized carbons (Fsp3) is 0.323. The van der Waals surface area contributed by atoms with E-state index in [-0.39, 0.29) is 76.0 Å². The van der Waals surface area contributed by atoms with E-state index in [0.717, 1.165) is 69.5 Å². The minimum Gasteiger partial charge on any atom is -0.459 e. The van der Waals surface area contributed by atoms with Gasteiger partial charge < -0.3 is 38.7 Å². The zero-order valence-electron chi connectivity index (χ0n) is 44.3. The number of aliphatic hydroxyl groups excluding tert-OH is 2. The monoisotopic (exact) mass is 1070 g/mol. The average molecular weight is 1070 g/mol. The number of hydrogen-bond acceptors (Lipinski definition) is 12. The number of non-ortho nitro benzene ring substituents is 1. The van der Waals surface area contributed by atoms with Gasteiger partial charge in [0.05, 0.1) is 42.9 Å². The van der Waals surface area contributed by atoms with E-state index in [1.807, 2.05) is 115 Å². The predicted molar refractivity (Wildman–Crippen MR) is 304 cm³/mol. The van der Waals surface area contributed by atoms with Crippen LogP contribution in [0.2, 0.25) is 0 Å². The lowest BCUT2D eigenvalue weighted by Crippen LogP contribution is -2.70. The van der Waals surface area contributed by atoms with E-state index in [1.54, 1.807) is 23.1 Å². The number of unbranched alkanes of at least 4 members (excludes halogenated alkanes) is 2. The Morgan fingerprint density at radius 1 is 0.772 bits per heavy atom. The summed E-state index contributed by atoms with van der Waals surface area (Å²) in [4.78, 5) is 34.6. The number of aliphatic hydroxyl groups is 2. The molecule has 2 N–H and O–H groups in total. The van der Waals surface area contributed by atoms with Crippen LogP contribution in [0.15, 0.2) is 187 Å². The molecule has 3 aliphatic rings. The molecule has 1 amide bonds. The van der Waals surface area contributed by atoms with Crippen LogP contribution in [-0.2, 0) is 38.8 Å². The molecular weight excluding hydrogens is 999 g/mol. The van der Waals surface area contributed by atoms with Crippen molar-refractivity contribution in [2.45, 2.75) is 82.5 Å². The Morgan fingerprint density at radius 3 is 2.27 bits per heavy atom. The quantitative estimate of drug-likeness (QED) is 0.0241. The summed E-state index contributed by atoms with van der Waals surface area (Å²) < 4.78 is 33.9. The van der Waals surface area contributed by atoms with Crippen molar-refractivity contribution in [1.29, 1.82) is 0 Å². The number of allylic oxidation sites excluding steroid dienone is 1. The summed E-state index contributed by atoms with van der Waals surface area (Å²) in [6.07, 6.45) is 7.70. The molecule has 1 fully saturated rings. The molecular formula is C65H67N3O11. The maximum Gasteiger partial charge on any atom is 0.410 e. The van der Waals surface area contributed by atoms with Crippen molar-refractivity contribution in [3.63, 3.8) is 0 Å². The number of benzene rings is 7. The topological polar surface area (TPSA) is 172 Å². The van der Waals surface area contributed by atoms with Gasteiger partial charge in [-0.15, -0.1) is 6.58 Å². The Balaban J connectivity index is 1.13. The molecule has 7 aromatic rings. The maximum absolute atomic E-state index is 15.4. The number of nitrogens with zero attached hydrogens (tertiary/aromatic N) is 3. The molecule has 0 radical (unpaired) electrons. The molecule has 10 rings (SSSR count). The van der Waals surface area contributed by atoms with Crippen LogP contribution in [0.1, 0.15) is 73.1 Å². The highest BCUT2D eigenvalue weighted by Gasteiger charge is 2.66. The Bertz CT molecular complexity index is 3290. The number of carbonyl (C=O) groups is 1. The van der Waals surface area contributed by atoms with Crippen molar-refractivity contribution >= 4 is 39.0 Å². The summed E-state index contributed by atoms with van der Waals surface area (Å²) in [6, 6.07) is 49.3. The lowest BCUT2D eigenvalue weighted by molar-refractivity contribution is -0.384. The van der Waals surface area contributed by atoms with Crippen LogP contribution in [0.5, 0.6) is 17.2 Å².